The minimum Gasteiger partial charge on any atom is -0.349 e. The molecule has 1 aromatic heterocycles. The molecule has 0 radical (unpaired) electrons. The molecular formula is C14H16BrN5O2S. The number of thioether (sulfide) groups is 1. The van der Waals surface area contributed by atoms with Gasteiger partial charge in [0.1, 0.15) is 5.69 Å². The number of aryl methyl sites for hydroxylation is 1. The van der Waals surface area contributed by atoms with Crippen LogP contribution in [0.4, 0.5) is 0 Å². The van der Waals surface area contributed by atoms with Crippen LogP contribution in [-0.4, -0.2) is 26.5 Å². The van der Waals surface area contributed by atoms with Gasteiger partial charge in [0, 0.05) is 4.47 Å². The number of nitrogens with two attached hydrogens (primary N) is 1. The van der Waals surface area contributed by atoms with E-state index in [0.717, 1.165) is 26.5 Å². The maximum atomic E-state index is 12.0. The monoisotopic (exact) mass is 397 g/mol. The average Bonchev–Trinajstić information content (AvgIpc) is 2.52. The summed E-state index contributed by atoms with van der Waals surface area (Å²) in [6, 6.07) is 7.58. The van der Waals surface area contributed by atoms with E-state index >= 15 is 0 Å². The Morgan fingerprint density at radius 2 is 2.04 bits per heavy atom. The molecule has 0 spiro atoms. The minimum absolute atomic E-state index is 0.0925. The van der Waals surface area contributed by atoms with Crippen molar-refractivity contribution in [1.29, 1.82) is 0 Å². The number of hydrogen-bond acceptors (Lipinski definition) is 6. The zero-order chi connectivity index (χ0) is 17.0. The Hall–Kier alpha value is -1.87. The van der Waals surface area contributed by atoms with E-state index in [4.69, 9.17) is 5.84 Å². The lowest BCUT2D eigenvalue weighted by Gasteiger charge is -2.14. The Morgan fingerprint density at radius 3 is 2.70 bits per heavy atom. The standard InChI is InChI=1S/C14H16BrN5O2S/c1-8(10-3-5-11(15)6-4-10)17-12(21)7-23-14-19-18-9(2)13(22)20(14)16/h3-6,8H,7,16H2,1-2H3,(H,17,21)/t8-/m0/s1. The van der Waals surface area contributed by atoms with E-state index in [0.29, 0.717) is 0 Å². The number of nitrogens with zero attached hydrogens (tertiary/aromatic N) is 3. The largest absolute Gasteiger partial charge is 0.349 e. The molecule has 9 heteroatoms. The van der Waals surface area contributed by atoms with E-state index < -0.39 is 5.56 Å². The van der Waals surface area contributed by atoms with Gasteiger partial charge in [0.25, 0.3) is 5.56 Å². The van der Waals surface area contributed by atoms with Crippen molar-refractivity contribution in [2.75, 3.05) is 11.6 Å². The third-order valence-corrected chi connectivity index (χ3v) is 4.57. The second-order valence-corrected chi connectivity index (χ2v) is 6.73. The van der Waals surface area contributed by atoms with Crippen molar-refractivity contribution in [3.8, 4) is 0 Å². The quantitative estimate of drug-likeness (QED) is 0.583. The van der Waals surface area contributed by atoms with Crippen LogP contribution in [0.2, 0.25) is 0 Å². The number of carbonyl (C=O) groups excluding carboxylic acids is 1. The van der Waals surface area contributed by atoms with Gasteiger partial charge in [-0.1, -0.05) is 39.8 Å². The molecule has 0 saturated heterocycles. The maximum absolute atomic E-state index is 12.0. The van der Waals surface area contributed by atoms with Crippen LogP contribution in [0.3, 0.4) is 0 Å². The van der Waals surface area contributed by atoms with Crippen molar-refractivity contribution < 1.29 is 4.79 Å². The summed E-state index contributed by atoms with van der Waals surface area (Å²) in [6.45, 7) is 3.43. The van der Waals surface area contributed by atoms with Crippen LogP contribution >= 0.6 is 27.7 Å². The second kappa shape index (κ2) is 7.60. The predicted molar refractivity (Wildman–Crippen MR) is 92.6 cm³/mol. The molecular weight excluding hydrogens is 382 g/mol. The van der Waals surface area contributed by atoms with Gasteiger partial charge in [0.2, 0.25) is 11.1 Å². The maximum Gasteiger partial charge on any atom is 0.294 e. The van der Waals surface area contributed by atoms with E-state index in [2.05, 4.69) is 31.4 Å². The normalized spacial score (nSPS) is 12.0. The number of hydrogen-bond donors (Lipinski definition) is 2. The first-order chi connectivity index (χ1) is 10.9. The first-order valence-electron chi connectivity index (χ1n) is 6.77. The van der Waals surface area contributed by atoms with Crippen LogP contribution in [0.1, 0.15) is 24.2 Å². The molecule has 0 unspecified atom stereocenters. The number of rotatable bonds is 5. The molecule has 2 rings (SSSR count). The van der Waals surface area contributed by atoms with Gasteiger partial charge in [-0.3, -0.25) is 9.59 Å². The first-order valence-corrected chi connectivity index (χ1v) is 8.55. The van der Waals surface area contributed by atoms with Crippen molar-refractivity contribution in [3.63, 3.8) is 0 Å². The topological polar surface area (TPSA) is 103 Å². The third-order valence-electron chi connectivity index (χ3n) is 3.10. The summed E-state index contributed by atoms with van der Waals surface area (Å²) in [5.41, 5.74) is 0.786. The summed E-state index contributed by atoms with van der Waals surface area (Å²) in [7, 11) is 0. The first kappa shape index (κ1) is 17.5. The van der Waals surface area contributed by atoms with Crippen molar-refractivity contribution in [2.45, 2.75) is 25.0 Å². The molecule has 0 bridgehead atoms. The summed E-state index contributed by atoms with van der Waals surface area (Å²) in [5, 5.41) is 10.6. The molecule has 1 heterocycles. The van der Waals surface area contributed by atoms with Crippen molar-refractivity contribution in [2.24, 2.45) is 0 Å². The van der Waals surface area contributed by atoms with E-state index in [1.807, 2.05) is 31.2 Å². The van der Waals surface area contributed by atoms with Gasteiger partial charge in [0.15, 0.2) is 0 Å². The number of carbonyl (C=O) groups is 1. The van der Waals surface area contributed by atoms with Gasteiger partial charge in [-0.2, -0.15) is 4.68 Å². The van der Waals surface area contributed by atoms with Crippen LogP contribution in [0.5, 0.6) is 0 Å². The van der Waals surface area contributed by atoms with Crippen molar-refractivity contribution in [1.82, 2.24) is 20.2 Å². The number of nitrogens with one attached hydrogen (secondary N) is 1. The summed E-state index contributed by atoms with van der Waals surface area (Å²) in [6.07, 6.45) is 0. The van der Waals surface area contributed by atoms with E-state index in [1.165, 1.54) is 6.92 Å². The van der Waals surface area contributed by atoms with Crippen LogP contribution < -0.4 is 16.7 Å². The molecule has 1 amide bonds. The van der Waals surface area contributed by atoms with Crippen LogP contribution in [-0.2, 0) is 4.79 Å². The van der Waals surface area contributed by atoms with E-state index in [1.54, 1.807) is 0 Å². The molecule has 0 aliphatic rings. The van der Waals surface area contributed by atoms with Gasteiger partial charge >= 0.3 is 0 Å². The molecule has 7 nitrogen and oxygen atoms in total. The Balaban J connectivity index is 1.94. The average molecular weight is 398 g/mol. The molecule has 3 N–H and O–H groups in total. The number of nitrogen functional groups attached to an aromatic ring is 1. The molecule has 0 aliphatic carbocycles. The van der Waals surface area contributed by atoms with Gasteiger partial charge in [0.05, 0.1) is 11.8 Å². The molecule has 1 aromatic carbocycles. The van der Waals surface area contributed by atoms with Crippen molar-refractivity contribution >= 4 is 33.6 Å². The molecule has 23 heavy (non-hydrogen) atoms. The Bertz CT molecular complexity index is 763. The SMILES string of the molecule is Cc1nnc(SCC(=O)N[C@@H](C)c2ccc(Br)cc2)n(N)c1=O. The number of amides is 1. The highest BCUT2D eigenvalue weighted by atomic mass is 79.9. The van der Waals surface area contributed by atoms with Crippen LogP contribution in [0, 0.1) is 6.92 Å². The van der Waals surface area contributed by atoms with Gasteiger partial charge in [-0.25, -0.2) is 0 Å². The Kier molecular flexibility index (Phi) is 5.78. The summed E-state index contributed by atoms with van der Waals surface area (Å²) in [5.74, 6) is 5.53. The fourth-order valence-electron chi connectivity index (χ4n) is 1.82. The number of benzene rings is 1. The Morgan fingerprint density at radius 1 is 1.39 bits per heavy atom. The smallest absolute Gasteiger partial charge is 0.294 e. The molecule has 1 atom stereocenters. The fourth-order valence-corrected chi connectivity index (χ4v) is 2.74. The Labute approximate surface area is 145 Å². The van der Waals surface area contributed by atoms with Crippen LogP contribution in [0.25, 0.3) is 0 Å². The van der Waals surface area contributed by atoms with Gasteiger partial charge < -0.3 is 11.2 Å². The summed E-state index contributed by atoms with van der Waals surface area (Å²) in [4.78, 5) is 23.7. The van der Waals surface area contributed by atoms with Gasteiger partial charge in [-0.05, 0) is 31.5 Å². The highest BCUT2D eigenvalue weighted by Gasteiger charge is 2.13. The number of aromatic nitrogens is 3. The minimum atomic E-state index is -0.425. The lowest BCUT2D eigenvalue weighted by molar-refractivity contribution is -0.119. The number of halogens is 1. The second-order valence-electron chi connectivity index (χ2n) is 4.87. The molecule has 0 fully saturated rings. The van der Waals surface area contributed by atoms with Crippen molar-refractivity contribution in [3.05, 3.63) is 50.3 Å². The lowest BCUT2D eigenvalue weighted by Crippen LogP contribution is -2.33. The van der Waals surface area contributed by atoms with Crippen LogP contribution in [0.15, 0.2) is 38.7 Å². The molecule has 122 valence electrons. The van der Waals surface area contributed by atoms with Gasteiger partial charge in [-0.15, -0.1) is 10.2 Å². The van der Waals surface area contributed by atoms with E-state index in [-0.39, 0.29) is 28.6 Å². The molecule has 0 saturated carbocycles. The van der Waals surface area contributed by atoms with E-state index in [9.17, 15) is 9.59 Å². The lowest BCUT2D eigenvalue weighted by atomic mass is 10.1. The predicted octanol–water partition coefficient (Wildman–Crippen LogP) is 1.39. The highest BCUT2D eigenvalue weighted by molar-refractivity contribution is 9.10. The summed E-state index contributed by atoms with van der Waals surface area (Å²) >= 11 is 4.43. The highest BCUT2D eigenvalue weighted by Crippen LogP contribution is 2.17. The fraction of sp³-hybridized carbons (Fsp3) is 0.286. The zero-order valence-corrected chi connectivity index (χ0v) is 15.0. The summed E-state index contributed by atoms with van der Waals surface area (Å²) < 4.78 is 1.88. The molecule has 0 aliphatic heterocycles. The zero-order valence-electron chi connectivity index (χ0n) is 12.6. The molecule has 2 aromatic rings. The third kappa shape index (κ3) is 4.55.